The molecule has 0 aliphatic carbocycles. The number of nitrogens with one attached hydrogen (secondary N) is 1. The van der Waals surface area contributed by atoms with Gasteiger partial charge in [0.05, 0.1) is 5.69 Å². The molecule has 0 unspecified atom stereocenters. The minimum absolute atomic E-state index is 0. The van der Waals surface area contributed by atoms with Crippen molar-refractivity contribution in [3.05, 3.63) is 17.5 Å². The molecule has 0 bridgehead atoms. The molecule has 0 amide bonds. The number of hydrogen-bond acceptors (Lipinski definition) is 2. The van der Waals surface area contributed by atoms with Crippen LogP contribution in [0.3, 0.4) is 0 Å². The number of halogens is 4. The predicted octanol–water partition coefficient (Wildman–Crippen LogP) is 1.47. The van der Waals surface area contributed by atoms with Gasteiger partial charge in [-0.2, -0.15) is 18.3 Å². The molecule has 0 saturated carbocycles. The van der Waals surface area contributed by atoms with Crippen LogP contribution in [0.2, 0.25) is 0 Å². The van der Waals surface area contributed by atoms with Crippen molar-refractivity contribution in [3.8, 4) is 0 Å². The second-order valence-corrected chi connectivity index (χ2v) is 3.02. The lowest BCUT2D eigenvalue weighted by Gasteiger charge is -2.05. The molecule has 1 aromatic heterocycles. The van der Waals surface area contributed by atoms with Gasteiger partial charge in [-0.3, -0.25) is 4.68 Å². The summed E-state index contributed by atoms with van der Waals surface area (Å²) in [7, 11) is 0. The van der Waals surface area contributed by atoms with Gasteiger partial charge in [-0.25, -0.2) is 0 Å². The molecule has 7 heteroatoms. The number of rotatable bonds is 1. The zero-order chi connectivity index (χ0) is 9.47. The van der Waals surface area contributed by atoms with E-state index in [0.717, 1.165) is 15.9 Å². The normalized spacial score (nSPS) is 15.1. The summed E-state index contributed by atoms with van der Waals surface area (Å²) in [4.78, 5) is 0. The van der Waals surface area contributed by atoms with E-state index in [2.05, 4.69) is 10.4 Å². The number of aromatic nitrogens is 2. The molecule has 2 rings (SSSR count). The Hall–Kier alpha value is -0.750. The molecule has 0 spiro atoms. The van der Waals surface area contributed by atoms with Gasteiger partial charge < -0.3 is 5.32 Å². The fourth-order valence-corrected chi connectivity index (χ4v) is 1.38. The van der Waals surface area contributed by atoms with E-state index in [4.69, 9.17) is 0 Å². The van der Waals surface area contributed by atoms with Crippen LogP contribution < -0.4 is 5.32 Å². The van der Waals surface area contributed by atoms with Gasteiger partial charge in [-0.15, -0.1) is 12.4 Å². The molecule has 3 nitrogen and oxygen atoms in total. The first-order valence-electron chi connectivity index (χ1n) is 3.87. The molecular weight excluding hydrogens is 219 g/mol. The summed E-state index contributed by atoms with van der Waals surface area (Å²) in [5, 5.41) is 6.81. The maximum atomic E-state index is 11.9. The maximum absolute atomic E-state index is 11.9. The van der Waals surface area contributed by atoms with E-state index in [1.165, 1.54) is 6.20 Å². The molecule has 0 fully saturated rings. The monoisotopic (exact) mass is 227 g/mol. The minimum Gasteiger partial charge on any atom is -0.307 e. The van der Waals surface area contributed by atoms with Gasteiger partial charge in [-0.1, -0.05) is 0 Å². The van der Waals surface area contributed by atoms with E-state index < -0.39 is 12.7 Å². The van der Waals surface area contributed by atoms with Gasteiger partial charge >= 0.3 is 6.18 Å². The molecule has 1 aliphatic rings. The van der Waals surface area contributed by atoms with Gasteiger partial charge in [0.25, 0.3) is 0 Å². The first-order valence-corrected chi connectivity index (χ1v) is 3.87. The fraction of sp³-hybridized carbons (Fsp3) is 0.571. The van der Waals surface area contributed by atoms with Gasteiger partial charge in [-0.05, 0) is 0 Å². The Bertz CT molecular complexity index is 299. The second-order valence-electron chi connectivity index (χ2n) is 3.02. The first-order chi connectivity index (χ1) is 6.04. The van der Waals surface area contributed by atoms with Gasteiger partial charge in [0.1, 0.15) is 6.54 Å². The molecule has 2 heterocycles. The van der Waals surface area contributed by atoms with E-state index in [-0.39, 0.29) is 12.4 Å². The van der Waals surface area contributed by atoms with Crippen molar-refractivity contribution in [2.75, 3.05) is 0 Å². The number of alkyl halides is 3. The highest BCUT2D eigenvalue weighted by Crippen LogP contribution is 2.19. The van der Waals surface area contributed by atoms with Crippen LogP contribution in [0.5, 0.6) is 0 Å². The molecule has 0 aromatic carbocycles. The van der Waals surface area contributed by atoms with Crippen LogP contribution in [0.4, 0.5) is 13.2 Å². The average Bonchev–Trinajstić information content (AvgIpc) is 2.40. The predicted molar refractivity (Wildman–Crippen MR) is 46.1 cm³/mol. The summed E-state index contributed by atoms with van der Waals surface area (Å²) in [6.07, 6.45) is -2.74. The van der Waals surface area contributed by atoms with Crippen molar-refractivity contribution in [1.82, 2.24) is 15.1 Å². The van der Waals surface area contributed by atoms with E-state index in [1.54, 1.807) is 0 Å². The molecule has 0 saturated heterocycles. The third kappa shape index (κ3) is 2.39. The van der Waals surface area contributed by atoms with Crippen LogP contribution in [0.15, 0.2) is 6.20 Å². The zero-order valence-electron chi connectivity index (χ0n) is 7.14. The van der Waals surface area contributed by atoms with Crippen molar-refractivity contribution < 1.29 is 13.2 Å². The smallest absolute Gasteiger partial charge is 0.307 e. The topological polar surface area (TPSA) is 29.9 Å². The summed E-state index contributed by atoms with van der Waals surface area (Å²) >= 11 is 0. The Morgan fingerprint density at radius 1 is 1.43 bits per heavy atom. The Morgan fingerprint density at radius 3 is 2.71 bits per heavy atom. The van der Waals surface area contributed by atoms with Gasteiger partial charge in [0, 0.05) is 24.8 Å². The summed E-state index contributed by atoms with van der Waals surface area (Å²) < 4.78 is 36.7. The lowest BCUT2D eigenvalue weighted by molar-refractivity contribution is -0.142. The Labute approximate surface area is 84.7 Å². The SMILES string of the molecule is Cl.FC(F)(F)Cn1cc2c(n1)CNC2. The quantitative estimate of drug-likeness (QED) is 0.788. The summed E-state index contributed by atoms with van der Waals surface area (Å²) in [5.74, 6) is 0. The Morgan fingerprint density at radius 2 is 2.14 bits per heavy atom. The summed E-state index contributed by atoms with van der Waals surface area (Å²) in [6.45, 7) is 0.188. The number of fused-ring (bicyclic) bond motifs is 1. The van der Waals surface area contributed by atoms with Crippen LogP contribution in [0.1, 0.15) is 11.3 Å². The third-order valence-electron chi connectivity index (χ3n) is 1.87. The molecule has 0 atom stereocenters. The van der Waals surface area contributed by atoms with Crippen LogP contribution in [-0.2, 0) is 19.6 Å². The Balaban J connectivity index is 0.000000980. The van der Waals surface area contributed by atoms with Crippen molar-refractivity contribution in [2.45, 2.75) is 25.8 Å². The molecule has 14 heavy (non-hydrogen) atoms. The minimum atomic E-state index is -4.19. The third-order valence-corrected chi connectivity index (χ3v) is 1.87. The van der Waals surface area contributed by atoms with Crippen molar-refractivity contribution in [3.63, 3.8) is 0 Å². The zero-order valence-corrected chi connectivity index (χ0v) is 7.95. The van der Waals surface area contributed by atoms with Crippen LogP contribution in [-0.4, -0.2) is 16.0 Å². The van der Waals surface area contributed by atoms with Gasteiger partial charge in [0.15, 0.2) is 0 Å². The highest BCUT2D eigenvalue weighted by molar-refractivity contribution is 5.85. The van der Waals surface area contributed by atoms with E-state index in [1.807, 2.05) is 0 Å². The van der Waals surface area contributed by atoms with E-state index in [9.17, 15) is 13.2 Å². The average molecular weight is 228 g/mol. The summed E-state index contributed by atoms with van der Waals surface area (Å²) in [6, 6.07) is 0. The van der Waals surface area contributed by atoms with E-state index in [0.29, 0.717) is 13.1 Å². The van der Waals surface area contributed by atoms with Crippen molar-refractivity contribution >= 4 is 12.4 Å². The maximum Gasteiger partial charge on any atom is 0.408 e. The molecule has 0 radical (unpaired) electrons. The number of hydrogen-bond donors (Lipinski definition) is 1. The standard InChI is InChI=1S/C7H8F3N3.ClH/c8-7(9,10)4-13-3-5-1-11-2-6(5)12-13;/h3,11H,1-2,4H2;1H. The largest absolute Gasteiger partial charge is 0.408 e. The molecule has 1 aromatic rings. The lowest BCUT2D eigenvalue weighted by Crippen LogP contribution is -2.18. The highest BCUT2D eigenvalue weighted by Gasteiger charge is 2.29. The lowest BCUT2D eigenvalue weighted by atomic mass is 10.3. The first kappa shape index (κ1) is 11.3. The second kappa shape index (κ2) is 3.78. The summed E-state index contributed by atoms with van der Waals surface area (Å²) in [5.41, 5.74) is 1.59. The van der Waals surface area contributed by atoms with Crippen molar-refractivity contribution in [2.24, 2.45) is 0 Å². The fourth-order valence-electron chi connectivity index (χ4n) is 1.38. The molecular formula is C7H9ClF3N3. The van der Waals surface area contributed by atoms with Crippen LogP contribution in [0, 0.1) is 0 Å². The van der Waals surface area contributed by atoms with Gasteiger partial charge in [0.2, 0.25) is 0 Å². The molecule has 1 N–H and O–H groups in total. The van der Waals surface area contributed by atoms with Crippen molar-refractivity contribution in [1.29, 1.82) is 0 Å². The van der Waals surface area contributed by atoms with Crippen LogP contribution >= 0.6 is 12.4 Å². The van der Waals surface area contributed by atoms with E-state index >= 15 is 0 Å². The van der Waals surface area contributed by atoms with Crippen LogP contribution in [0.25, 0.3) is 0 Å². The highest BCUT2D eigenvalue weighted by atomic mass is 35.5. The number of nitrogens with zero attached hydrogens (tertiary/aromatic N) is 2. The molecule has 80 valence electrons. The Kier molecular flexibility index (Phi) is 3.06. The molecule has 1 aliphatic heterocycles.